The molecular weight excluding hydrogens is 230 g/mol. The first-order chi connectivity index (χ1) is 8.40. The van der Waals surface area contributed by atoms with Crippen molar-refractivity contribution in [3.05, 3.63) is 0 Å². The Balaban J connectivity index is 2.36. The van der Waals surface area contributed by atoms with Crippen LogP contribution in [0.15, 0.2) is 0 Å². The van der Waals surface area contributed by atoms with Crippen molar-refractivity contribution in [1.82, 2.24) is 15.1 Å². The van der Waals surface area contributed by atoms with Gasteiger partial charge in [-0.1, -0.05) is 13.8 Å². The summed E-state index contributed by atoms with van der Waals surface area (Å²) in [6.07, 6.45) is 0.671. The summed E-state index contributed by atoms with van der Waals surface area (Å²) in [4.78, 5) is 15.8. The highest BCUT2D eigenvalue weighted by Gasteiger charge is 2.23. The third-order valence-corrected chi connectivity index (χ3v) is 3.61. The monoisotopic (exact) mass is 257 g/mol. The zero-order valence-electron chi connectivity index (χ0n) is 12.0. The van der Waals surface area contributed by atoms with Gasteiger partial charge in [0.15, 0.2) is 0 Å². The molecule has 1 saturated heterocycles. The number of hydrogen-bond donors (Lipinski definition) is 2. The van der Waals surface area contributed by atoms with E-state index in [1.54, 1.807) is 0 Å². The van der Waals surface area contributed by atoms with Gasteiger partial charge in [0.05, 0.1) is 0 Å². The van der Waals surface area contributed by atoms with E-state index in [4.69, 9.17) is 5.11 Å². The predicted octanol–water partition coefficient (Wildman–Crippen LogP) is 0.464. The average Bonchev–Trinajstić information content (AvgIpc) is 2.28. The second-order valence-electron chi connectivity index (χ2n) is 5.63. The molecule has 1 heterocycles. The topological polar surface area (TPSA) is 55.8 Å². The van der Waals surface area contributed by atoms with Crippen molar-refractivity contribution in [2.45, 2.75) is 45.3 Å². The molecule has 18 heavy (non-hydrogen) atoms. The number of nitrogens with zero attached hydrogens (tertiary/aromatic N) is 2. The minimum atomic E-state index is -0.745. The molecule has 5 heteroatoms. The third kappa shape index (κ3) is 4.92. The smallest absolute Gasteiger partial charge is 0.320 e. The lowest BCUT2D eigenvalue weighted by atomic mass is 10.1. The van der Waals surface area contributed by atoms with Gasteiger partial charge in [0.25, 0.3) is 0 Å². The first kappa shape index (κ1) is 15.4. The number of carboxylic acid groups (broad SMARTS) is 1. The molecule has 1 aliphatic rings. The molecular formula is C13H27N3O2. The number of aliphatic carboxylic acids is 1. The lowest BCUT2D eigenvalue weighted by Crippen LogP contribution is -2.51. The number of rotatable bonds is 6. The van der Waals surface area contributed by atoms with Crippen LogP contribution in [0.25, 0.3) is 0 Å². The molecule has 1 rings (SSSR count). The van der Waals surface area contributed by atoms with E-state index in [1.165, 1.54) is 0 Å². The van der Waals surface area contributed by atoms with Gasteiger partial charge < -0.3 is 20.2 Å². The van der Waals surface area contributed by atoms with Crippen molar-refractivity contribution in [3.63, 3.8) is 0 Å². The van der Waals surface area contributed by atoms with Crippen LogP contribution >= 0.6 is 0 Å². The van der Waals surface area contributed by atoms with Gasteiger partial charge in [0.2, 0.25) is 0 Å². The van der Waals surface area contributed by atoms with Crippen LogP contribution in [-0.2, 0) is 4.79 Å². The van der Waals surface area contributed by atoms with Crippen molar-refractivity contribution in [3.8, 4) is 0 Å². The van der Waals surface area contributed by atoms with E-state index in [0.717, 1.165) is 26.2 Å². The van der Waals surface area contributed by atoms with Crippen molar-refractivity contribution in [2.75, 3.05) is 33.2 Å². The maximum Gasteiger partial charge on any atom is 0.320 e. The third-order valence-electron chi connectivity index (χ3n) is 3.61. The van der Waals surface area contributed by atoms with Crippen LogP contribution in [0.3, 0.4) is 0 Å². The van der Waals surface area contributed by atoms with Crippen LogP contribution in [0, 0.1) is 0 Å². The molecule has 1 aliphatic heterocycles. The fourth-order valence-electron chi connectivity index (χ4n) is 2.32. The molecule has 0 aromatic rings. The van der Waals surface area contributed by atoms with Gasteiger partial charge in [-0.15, -0.1) is 0 Å². The van der Waals surface area contributed by atoms with Crippen LogP contribution in [-0.4, -0.2) is 72.2 Å². The number of carboxylic acids is 1. The Bertz CT molecular complexity index is 271. The van der Waals surface area contributed by atoms with Gasteiger partial charge >= 0.3 is 5.97 Å². The maximum absolute atomic E-state index is 11.1. The van der Waals surface area contributed by atoms with E-state index in [0.29, 0.717) is 12.5 Å². The molecule has 0 saturated carbocycles. The Morgan fingerprint density at radius 2 is 2.11 bits per heavy atom. The molecule has 5 nitrogen and oxygen atoms in total. The number of likely N-dealkylation sites (N-methyl/N-ethyl adjacent to an activating group) is 1. The zero-order chi connectivity index (χ0) is 13.7. The Kier molecular flexibility index (Phi) is 6.05. The Morgan fingerprint density at radius 3 is 2.61 bits per heavy atom. The normalized spacial score (nSPS) is 24.4. The molecule has 2 unspecified atom stereocenters. The number of piperazine rings is 1. The van der Waals surface area contributed by atoms with Crippen LogP contribution in [0.4, 0.5) is 0 Å². The minimum Gasteiger partial charge on any atom is -0.480 e. The average molecular weight is 257 g/mol. The molecule has 2 N–H and O–H groups in total. The summed E-state index contributed by atoms with van der Waals surface area (Å²) < 4.78 is 0. The van der Waals surface area contributed by atoms with Gasteiger partial charge in [-0.25, -0.2) is 0 Å². The standard InChI is InChI=1S/C13H27N3O2/c1-10(2)14-12(13(17)18)5-6-16-8-7-15(4)11(3)9-16/h10-12,14H,5-9H2,1-4H3,(H,17,18). The van der Waals surface area contributed by atoms with Crippen LogP contribution in [0.2, 0.25) is 0 Å². The highest BCUT2D eigenvalue weighted by atomic mass is 16.4. The fourth-order valence-corrected chi connectivity index (χ4v) is 2.32. The molecule has 0 aliphatic carbocycles. The Hall–Kier alpha value is -0.650. The number of carbonyl (C=O) groups is 1. The summed E-state index contributed by atoms with van der Waals surface area (Å²) in [6.45, 7) is 10.2. The highest BCUT2D eigenvalue weighted by Crippen LogP contribution is 2.08. The van der Waals surface area contributed by atoms with Gasteiger partial charge in [-0.05, 0) is 20.4 Å². The molecule has 0 aromatic carbocycles. The molecule has 1 fully saturated rings. The molecule has 2 atom stereocenters. The van der Waals surface area contributed by atoms with Crippen molar-refractivity contribution < 1.29 is 9.90 Å². The Morgan fingerprint density at radius 1 is 1.44 bits per heavy atom. The van der Waals surface area contributed by atoms with Crippen molar-refractivity contribution in [2.24, 2.45) is 0 Å². The number of nitrogens with one attached hydrogen (secondary N) is 1. The molecule has 0 bridgehead atoms. The molecule has 0 spiro atoms. The first-order valence-corrected chi connectivity index (χ1v) is 6.81. The molecule has 106 valence electrons. The van der Waals surface area contributed by atoms with Gasteiger partial charge in [0, 0.05) is 38.3 Å². The van der Waals surface area contributed by atoms with E-state index in [-0.39, 0.29) is 6.04 Å². The predicted molar refractivity (Wildman–Crippen MR) is 72.8 cm³/mol. The summed E-state index contributed by atoms with van der Waals surface area (Å²) >= 11 is 0. The summed E-state index contributed by atoms with van der Waals surface area (Å²) in [5.74, 6) is -0.745. The maximum atomic E-state index is 11.1. The fraction of sp³-hybridized carbons (Fsp3) is 0.923. The van der Waals surface area contributed by atoms with Gasteiger partial charge in [-0.2, -0.15) is 0 Å². The lowest BCUT2D eigenvalue weighted by molar-refractivity contribution is -0.140. The van der Waals surface area contributed by atoms with Gasteiger partial charge in [-0.3, -0.25) is 4.79 Å². The minimum absolute atomic E-state index is 0.206. The van der Waals surface area contributed by atoms with E-state index < -0.39 is 12.0 Å². The van der Waals surface area contributed by atoms with Gasteiger partial charge in [0.1, 0.15) is 6.04 Å². The zero-order valence-corrected chi connectivity index (χ0v) is 12.0. The summed E-state index contributed by atoms with van der Waals surface area (Å²) in [5, 5.41) is 12.3. The lowest BCUT2D eigenvalue weighted by Gasteiger charge is -2.38. The van der Waals surface area contributed by atoms with E-state index in [2.05, 4.69) is 29.1 Å². The van der Waals surface area contributed by atoms with E-state index in [1.807, 2.05) is 13.8 Å². The second kappa shape index (κ2) is 7.07. The van der Waals surface area contributed by atoms with Crippen molar-refractivity contribution >= 4 is 5.97 Å². The molecule has 0 amide bonds. The summed E-state index contributed by atoms with van der Waals surface area (Å²) in [7, 11) is 2.14. The summed E-state index contributed by atoms with van der Waals surface area (Å²) in [5.41, 5.74) is 0. The van der Waals surface area contributed by atoms with E-state index in [9.17, 15) is 4.79 Å². The molecule has 0 aromatic heterocycles. The highest BCUT2D eigenvalue weighted by molar-refractivity contribution is 5.73. The Labute approximate surface area is 110 Å². The van der Waals surface area contributed by atoms with E-state index >= 15 is 0 Å². The number of hydrogen-bond acceptors (Lipinski definition) is 4. The molecule has 0 radical (unpaired) electrons. The van der Waals surface area contributed by atoms with Crippen molar-refractivity contribution in [1.29, 1.82) is 0 Å². The van der Waals surface area contributed by atoms with Crippen LogP contribution < -0.4 is 5.32 Å². The summed E-state index contributed by atoms with van der Waals surface area (Å²) in [6, 6.07) is 0.331. The van der Waals surface area contributed by atoms with Crippen LogP contribution in [0.5, 0.6) is 0 Å². The second-order valence-corrected chi connectivity index (χ2v) is 5.63. The quantitative estimate of drug-likeness (QED) is 0.724. The first-order valence-electron chi connectivity index (χ1n) is 6.81. The van der Waals surface area contributed by atoms with Crippen LogP contribution in [0.1, 0.15) is 27.2 Å². The largest absolute Gasteiger partial charge is 0.480 e. The SMILES string of the molecule is CC(C)NC(CCN1CCN(C)C(C)C1)C(=O)O.